The van der Waals surface area contributed by atoms with Gasteiger partial charge in [-0.05, 0) is 121 Å². The van der Waals surface area contributed by atoms with Crippen LogP contribution in [0.3, 0.4) is 0 Å². The van der Waals surface area contributed by atoms with E-state index in [1.807, 2.05) is 0 Å². The van der Waals surface area contributed by atoms with E-state index in [0.29, 0.717) is 0 Å². The lowest BCUT2D eigenvalue weighted by molar-refractivity contribution is 0.748. The molecule has 1 atom stereocenters. The van der Waals surface area contributed by atoms with Crippen LogP contribution < -0.4 is 4.90 Å². The Hall–Kier alpha value is -8.98. The topological polar surface area (TPSA) is 8.17 Å². The Morgan fingerprint density at radius 3 is 1.54 bits per heavy atom. The van der Waals surface area contributed by atoms with Crippen LogP contribution in [0.15, 0.2) is 267 Å². The minimum absolute atomic E-state index is 0.552. The molecule has 1 spiro atoms. The molecule has 0 amide bonds. The van der Waals surface area contributed by atoms with Crippen LogP contribution >= 0.6 is 0 Å². The van der Waals surface area contributed by atoms with Crippen molar-refractivity contribution in [1.29, 1.82) is 0 Å². The van der Waals surface area contributed by atoms with Crippen molar-refractivity contribution in [3.63, 3.8) is 0 Å². The molecule has 0 radical (unpaired) electrons. The lowest BCUT2D eigenvalue weighted by Crippen LogP contribution is -2.33. The number of rotatable bonds is 7. The van der Waals surface area contributed by atoms with E-state index in [1.165, 1.54) is 99.8 Å². The molecule has 0 bridgehead atoms. The molecule has 0 saturated carbocycles. The van der Waals surface area contributed by atoms with Crippen molar-refractivity contribution in [3.8, 4) is 61.3 Å². The number of anilines is 3. The minimum atomic E-state index is -0.552. The van der Waals surface area contributed by atoms with Gasteiger partial charge in [0.15, 0.2) is 0 Å². The van der Waals surface area contributed by atoms with E-state index in [2.05, 4.69) is 276 Å². The van der Waals surface area contributed by atoms with Crippen LogP contribution in [0.1, 0.15) is 22.3 Å². The third-order valence-corrected chi connectivity index (χ3v) is 14.8. The largest absolute Gasteiger partial charge is 0.310 e. The van der Waals surface area contributed by atoms with Crippen molar-refractivity contribution in [1.82, 2.24) is 4.57 Å². The summed E-state index contributed by atoms with van der Waals surface area (Å²) >= 11 is 0. The second-order valence-corrected chi connectivity index (χ2v) is 18.4. The van der Waals surface area contributed by atoms with Gasteiger partial charge in [-0.3, -0.25) is 0 Å². The summed E-state index contributed by atoms with van der Waals surface area (Å²) in [5.41, 5.74) is 23.7. The third-order valence-electron chi connectivity index (χ3n) is 14.8. The summed E-state index contributed by atoms with van der Waals surface area (Å²) in [7, 11) is 0. The molecular weight excluding hydrogens is 833 g/mol. The molecular formula is C67H44N2. The normalized spacial score (nSPS) is 14.1. The molecule has 1 aliphatic carbocycles. The molecule has 12 aromatic rings. The maximum atomic E-state index is 2.52. The standard InChI is InChI=1S/C67H44N2/c1-3-20-45(21-4-1)47-24-15-25-48(42-47)50-27-17-29-52(44-50)68(51-28-16-26-49(43-51)46-22-5-2-6-23-46)62-39-12-8-30-53(62)55-33-18-37-60-65(55)57-32-7-10-35-58(57)67(60)59-36-11-14-41-64(59)69-63-40-13-9-31-54(63)56-34-19-38-61(67)66(56)69/h1-44H. The monoisotopic (exact) mass is 876 g/mol. The molecule has 11 aromatic carbocycles. The van der Waals surface area contributed by atoms with Gasteiger partial charge >= 0.3 is 0 Å². The Balaban J connectivity index is 1.01. The smallest absolute Gasteiger partial charge is 0.0754 e. The van der Waals surface area contributed by atoms with E-state index in [0.717, 1.165) is 22.6 Å². The summed E-state index contributed by atoms with van der Waals surface area (Å²) in [5.74, 6) is 0. The third kappa shape index (κ3) is 5.86. The first kappa shape index (κ1) is 39.2. The van der Waals surface area contributed by atoms with Crippen LogP contribution in [0.25, 0.3) is 83.1 Å². The number of aromatic nitrogens is 1. The maximum absolute atomic E-state index is 2.52. The van der Waals surface area contributed by atoms with Crippen molar-refractivity contribution >= 4 is 38.9 Å². The van der Waals surface area contributed by atoms with Crippen molar-refractivity contribution in [2.75, 3.05) is 4.90 Å². The van der Waals surface area contributed by atoms with Crippen LogP contribution in [0, 0.1) is 0 Å². The molecule has 2 heteroatoms. The maximum Gasteiger partial charge on any atom is 0.0754 e. The van der Waals surface area contributed by atoms with E-state index >= 15 is 0 Å². The number of benzene rings is 11. The average Bonchev–Trinajstić information content (AvgIpc) is 3.93. The first-order chi connectivity index (χ1) is 34.3. The molecule has 1 unspecified atom stereocenters. The molecule has 1 aromatic heterocycles. The molecule has 2 nitrogen and oxygen atoms in total. The van der Waals surface area contributed by atoms with Gasteiger partial charge in [-0.15, -0.1) is 0 Å². The van der Waals surface area contributed by atoms with E-state index < -0.39 is 5.41 Å². The van der Waals surface area contributed by atoms with Crippen molar-refractivity contribution in [3.05, 3.63) is 289 Å². The Morgan fingerprint density at radius 1 is 0.304 bits per heavy atom. The van der Waals surface area contributed by atoms with Crippen LogP contribution in [-0.2, 0) is 5.41 Å². The first-order valence-corrected chi connectivity index (χ1v) is 23.9. The highest BCUT2D eigenvalue weighted by molar-refractivity contribution is 6.13. The van der Waals surface area contributed by atoms with Crippen LogP contribution in [0.5, 0.6) is 0 Å². The van der Waals surface area contributed by atoms with Gasteiger partial charge in [0.2, 0.25) is 0 Å². The zero-order valence-electron chi connectivity index (χ0n) is 37.8. The van der Waals surface area contributed by atoms with E-state index in [4.69, 9.17) is 0 Å². The van der Waals surface area contributed by atoms with Gasteiger partial charge < -0.3 is 9.47 Å². The predicted octanol–water partition coefficient (Wildman–Crippen LogP) is 17.6. The molecule has 1 aliphatic heterocycles. The number of para-hydroxylation sites is 4. The first-order valence-electron chi connectivity index (χ1n) is 23.9. The fourth-order valence-electron chi connectivity index (χ4n) is 11.9. The van der Waals surface area contributed by atoms with E-state index in [1.54, 1.807) is 0 Å². The second-order valence-electron chi connectivity index (χ2n) is 18.4. The van der Waals surface area contributed by atoms with Crippen molar-refractivity contribution in [2.24, 2.45) is 0 Å². The van der Waals surface area contributed by atoms with Crippen LogP contribution in [0.4, 0.5) is 17.1 Å². The number of fused-ring (bicyclic) bond motifs is 12. The van der Waals surface area contributed by atoms with Gasteiger partial charge in [0.1, 0.15) is 0 Å². The summed E-state index contributed by atoms with van der Waals surface area (Å²) in [6.45, 7) is 0. The van der Waals surface area contributed by atoms with Gasteiger partial charge in [0.25, 0.3) is 0 Å². The SMILES string of the molecule is c1ccc(-c2cccc(-c3cccc(N(c4cccc(-c5ccccc5)c4)c4ccccc4-c4cccc5c4-c4ccccc4C54c5ccccc5-n5c6ccccc6c6cccc4c65)c3)c2)cc1. The van der Waals surface area contributed by atoms with Gasteiger partial charge in [-0.2, -0.15) is 0 Å². The van der Waals surface area contributed by atoms with Gasteiger partial charge in [-0.1, -0.05) is 218 Å². The molecule has 0 N–H and O–H groups in total. The second kappa shape index (κ2) is 15.6. The molecule has 2 heterocycles. The van der Waals surface area contributed by atoms with E-state index in [-0.39, 0.29) is 0 Å². The highest BCUT2D eigenvalue weighted by atomic mass is 15.1. The fourth-order valence-corrected chi connectivity index (χ4v) is 11.9. The van der Waals surface area contributed by atoms with E-state index in [9.17, 15) is 0 Å². The summed E-state index contributed by atoms with van der Waals surface area (Å²) < 4.78 is 2.52. The molecule has 0 fully saturated rings. The zero-order chi connectivity index (χ0) is 45.5. The molecule has 322 valence electrons. The Labute approximate surface area is 402 Å². The predicted molar refractivity (Wildman–Crippen MR) is 288 cm³/mol. The van der Waals surface area contributed by atoms with Crippen molar-refractivity contribution < 1.29 is 0 Å². The summed E-state index contributed by atoms with van der Waals surface area (Å²) in [5, 5.41) is 2.56. The van der Waals surface area contributed by atoms with Gasteiger partial charge in [0.05, 0.1) is 27.8 Å². The number of nitrogens with zero attached hydrogens (tertiary/aromatic N) is 2. The van der Waals surface area contributed by atoms with Crippen LogP contribution in [-0.4, -0.2) is 4.57 Å². The fraction of sp³-hybridized carbons (Fsp3) is 0.0149. The average molecular weight is 877 g/mol. The Kier molecular flexibility index (Phi) is 8.84. The zero-order valence-corrected chi connectivity index (χ0v) is 37.8. The number of hydrogen-bond acceptors (Lipinski definition) is 1. The summed E-state index contributed by atoms with van der Waals surface area (Å²) in [6, 6.07) is 98.6. The highest BCUT2D eigenvalue weighted by Crippen LogP contribution is 2.63. The molecule has 69 heavy (non-hydrogen) atoms. The quantitative estimate of drug-likeness (QED) is 0.155. The summed E-state index contributed by atoms with van der Waals surface area (Å²) in [4.78, 5) is 2.47. The van der Waals surface area contributed by atoms with Gasteiger partial charge in [-0.25, -0.2) is 0 Å². The van der Waals surface area contributed by atoms with Crippen LogP contribution in [0.2, 0.25) is 0 Å². The van der Waals surface area contributed by atoms with Gasteiger partial charge in [0, 0.05) is 27.7 Å². The lowest BCUT2D eigenvalue weighted by atomic mass is 9.65. The highest BCUT2D eigenvalue weighted by Gasteiger charge is 2.51. The lowest BCUT2D eigenvalue weighted by Gasteiger charge is -2.39. The molecule has 2 aliphatic rings. The molecule has 14 rings (SSSR count). The van der Waals surface area contributed by atoms with Crippen molar-refractivity contribution in [2.45, 2.75) is 5.41 Å². The minimum Gasteiger partial charge on any atom is -0.310 e. The molecule has 0 saturated heterocycles. The Morgan fingerprint density at radius 2 is 0.783 bits per heavy atom. The Bertz CT molecular complexity index is 3970. The number of hydrogen-bond donors (Lipinski definition) is 0. The summed E-state index contributed by atoms with van der Waals surface area (Å²) in [6.07, 6.45) is 0.